The molecule has 0 unspecified atom stereocenters. The van der Waals surface area contributed by atoms with Crippen molar-refractivity contribution in [2.24, 2.45) is 0 Å². The first-order chi connectivity index (χ1) is 13.2. The summed E-state index contributed by atoms with van der Waals surface area (Å²) < 4.78 is 32.2. The number of hydrogen-bond acceptors (Lipinski definition) is 6. The lowest BCUT2D eigenvalue weighted by molar-refractivity contribution is 0.0921. The Labute approximate surface area is 164 Å². The van der Waals surface area contributed by atoms with Gasteiger partial charge in [-0.25, -0.2) is 8.42 Å². The van der Waals surface area contributed by atoms with E-state index in [0.29, 0.717) is 24.5 Å². The summed E-state index contributed by atoms with van der Waals surface area (Å²) in [6.07, 6.45) is 1.06. The summed E-state index contributed by atoms with van der Waals surface area (Å²) in [5.41, 5.74) is 2.05. The third kappa shape index (κ3) is 4.11. The van der Waals surface area contributed by atoms with E-state index in [9.17, 15) is 18.3 Å². The van der Waals surface area contributed by atoms with Gasteiger partial charge >= 0.3 is 0 Å². The zero-order valence-electron chi connectivity index (χ0n) is 16.2. The topological polar surface area (TPSA) is 113 Å². The number of aliphatic hydroxyl groups is 1. The number of aromatic nitrogens is 1. The minimum atomic E-state index is -3.64. The van der Waals surface area contributed by atoms with E-state index >= 15 is 0 Å². The van der Waals surface area contributed by atoms with Crippen molar-refractivity contribution in [1.29, 1.82) is 0 Å². The van der Waals surface area contributed by atoms with E-state index in [1.54, 1.807) is 32.9 Å². The molecule has 9 heteroatoms. The molecular formula is C19H25N3O5S. The van der Waals surface area contributed by atoms with Gasteiger partial charge in [0.05, 0.1) is 18.3 Å². The highest BCUT2D eigenvalue weighted by Crippen LogP contribution is 2.26. The highest BCUT2D eigenvalue weighted by Gasteiger charge is 2.31. The van der Waals surface area contributed by atoms with Crippen LogP contribution in [0.1, 0.15) is 59.1 Å². The maximum absolute atomic E-state index is 12.7. The van der Waals surface area contributed by atoms with Crippen molar-refractivity contribution in [1.82, 2.24) is 14.6 Å². The molecule has 1 aliphatic rings. The van der Waals surface area contributed by atoms with Crippen molar-refractivity contribution in [2.45, 2.75) is 51.2 Å². The van der Waals surface area contributed by atoms with Crippen molar-refractivity contribution in [2.75, 3.05) is 13.1 Å². The van der Waals surface area contributed by atoms with E-state index in [0.717, 1.165) is 18.4 Å². The smallest absolute Gasteiger partial charge is 0.287 e. The van der Waals surface area contributed by atoms with Crippen LogP contribution in [0.4, 0.5) is 0 Å². The molecule has 152 valence electrons. The van der Waals surface area contributed by atoms with Gasteiger partial charge in [0.1, 0.15) is 10.7 Å². The van der Waals surface area contributed by atoms with E-state index in [1.807, 2.05) is 0 Å². The SMILES string of the molecule is Cc1nc(CNC(=O)c2cc(S(=O)(=O)N3CCCC3)c(C)o2)ccc1[C@H](C)O. The Morgan fingerprint density at radius 3 is 2.61 bits per heavy atom. The van der Waals surface area contributed by atoms with Crippen molar-refractivity contribution >= 4 is 15.9 Å². The number of furan rings is 1. The first kappa shape index (κ1) is 20.5. The van der Waals surface area contributed by atoms with Gasteiger partial charge in [-0.1, -0.05) is 6.07 Å². The van der Waals surface area contributed by atoms with Crippen molar-refractivity contribution in [3.05, 3.63) is 46.7 Å². The van der Waals surface area contributed by atoms with Crippen LogP contribution in [0.2, 0.25) is 0 Å². The predicted molar refractivity (Wildman–Crippen MR) is 102 cm³/mol. The van der Waals surface area contributed by atoms with Crippen LogP contribution in [0.15, 0.2) is 27.5 Å². The van der Waals surface area contributed by atoms with E-state index in [2.05, 4.69) is 10.3 Å². The van der Waals surface area contributed by atoms with E-state index in [4.69, 9.17) is 4.42 Å². The lowest BCUT2D eigenvalue weighted by Gasteiger charge is -2.14. The molecule has 0 aromatic carbocycles. The van der Waals surface area contributed by atoms with Crippen LogP contribution in [-0.2, 0) is 16.6 Å². The Bertz CT molecular complexity index is 975. The summed E-state index contributed by atoms with van der Waals surface area (Å²) in [7, 11) is -3.64. The fraction of sp³-hybridized carbons (Fsp3) is 0.474. The standard InChI is InChI=1S/C19H25N3O5S/c1-12-16(13(2)23)7-6-15(21-12)11-20-19(24)17-10-18(14(3)27-17)28(25,26)22-8-4-5-9-22/h6-7,10,13,23H,4-5,8-9,11H2,1-3H3,(H,20,24)/t13-/m0/s1. The van der Waals surface area contributed by atoms with Crippen LogP contribution < -0.4 is 5.32 Å². The zero-order valence-corrected chi connectivity index (χ0v) is 17.0. The summed E-state index contributed by atoms with van der Waals surface area (Å²) >= 11 is 0. The van der Waals surface area contributed by atoms with Crippen molar-refractivity contribution in [3.63, 3.8) is 0 Å². The van der Waals surface area contributed by atoms with Crippen LogP contribution in [-0.4, -0.2) is 41.8 Å². The number of sulfonamides is 1. The average Bonchev–Trinajstić information content (AvgIpc) is 3.29. The molecule has 0 spiro atoms. The summed E-state index contributed by atoms with van der Waals surface area (Å²) in [4.78, 5) is 16.8. The van der Waals surface area contributed by atoms with Crippen LogP contribution in [0.3, 0.4) is 0 Å². The number of pyridine rings is 1. The van der Waals surface area contributed by atoms with Gasteiger partial charge in [-0.3, -0.25) is 9.78 Å². The Morgan fingerprint density at radius 1 is 1.32 bits per heavy atom. The molecule has 0 radical (unpaired) electrons. The molecule has 0 aliphatic carbocycles. The molecular weight excluding hydrogens is 382 g/mol. The molecule has 2 aromatic heterocycles. The molecule has 1 atom stereocenters. The number of carbonyl (C=O) groups excluding carboxylic acids is 1. The first-order valence-corrected chi connectivity index (χ1v) is 10.7. The highest BCUT2D eigenvalue weighted by molar-refractivity contribution is 7.89. The van der Waals surface area contributed by atoms with Crippen LogP contribution in [0, 0.1) is 13.8 Å². The number of aryl methyl sites for hydroxylation is 2. The molecule has 1 amide bonds. The van der Waals surface area contributed by atoms with E-state index in [1.165, 1.54) is 10.4 Å². The van der Waals surface area contributed by atoms with Gasteiger partial charge < -0.3 is 14.8 Å². The molecule has 1 fully saturated rings. The van der Waals surface area contributed by atoms with E-state index in [-0.39, 0.29) is 23.0 Å². The predicted octanol–water partition coefficient (Wildman–Crippen LogP) is 2.06. The minimum Gasteiger partial charge on any atom is -0.455 e. The Morgan fingerprint density at radius 2 is 2.00 bits per heavy atom. The number of aliphatic hydroxyl groups excluding tert-OH is 1. The maximum Gasteiger partial charge on any atom is 0.287 e. The second-order valence-corrected chi connectivity index (χ2v) is 8.88. The first-order valence-electron chi connectivity index (χ1n) is 9.23. The monoisotopic (exact) mass is 407 g/mol. The molecule has 2 aromatic rings. The Hall–Kier alpha value is -2.23. The van der Waals surface area contributed by atoms with E-state index < -0.39 is 22.0 Å². The largest absolute Gasteiger partial charge is 0.455 e. The molecule has 3 heterocycles. The molecule has 0 bridgehead atoms. The minimum absolute atomic E-state index is 0.0369. The lowest BCUT2D eigenvalue weighted by atomic mass is 10.1. The fourth-order valence-corrected chi connectivity index (χ4v) is 5.00. The van der Waals surface area contributed by atoms with Gasteiger partial charge in [0.2, 0.25) is 10.0 Å². The molecule has 28 heavy (non-hydrogen) atoms. The molecule has 0 saturated carbocycles. The fourth-order valence-electron chi connectivity index (χ4n) is 3.32. The van der Waals surface area contributed by atoms with Crippen LogP contribution >= 0.6 is 0 Å². The number of carbonyl (C=O) groups is 1. The average molecular weight is 407 g/mol. The normalized spacial score (nSPS) is 16.3. The van der Waals surface area contributed by atoms with Gasteiger partial charge in [-0.15, -0.1) is 0 Å². The van der Waals surface area contributed by atoms with Gasteiger partial charge in [0.25, 0.3) is 5.91 Å². The van der Waals surface area contributed by atoms with Crippen molar-refractivity contribution < 1.29 is 22.7 Å². The summed E-state index contributed by atoms with van der Waals surface area (Å²) in [5.74, 6) is -0.357. The van der Waals surface area contributed by atoms with Gasteiger partial charge in [0, 0.05) is 30.4 Å². The number of amides is 1. The zero-order chi connectivity index (χ0) is 20.5. The van der Waals surface area contributed by atoms with Gasteiger partial charge in [0.15, 0.2) is 5.76 Å². The number of hydrogen-bond donors (Lipinski definition) is 2. The second-order valence-electron chi connectivity index (χ2n) is 6.98. The van der Waals surface area contributed by atoms with Crippen LogP contribution in [0.25, 0.3) is 0 Å². The quantitative estimate of drug-likeness (QED) is 0.758. The molecule has 1 saturated heterocycles. The summed E-state index contributed by atoms with van der Waals surface area (Å²) in [6, 6.07) is 4.78. The summed E-state index contributed by atoms with van der Waals surface area (Å²) in [5, 5.41) is 12.3. The van der Waals surface area contributed by atoms with Crippen LogP contribution in [0.5, 0.6) is 0 Å². The van der Waals surface area contributed by atoms with Crippen molar-refractivity contribution in [3.8, 4) is 0 Å². The Balaban J connectivity index is 1.71. The number of rotatable bonds is 6. The van der Waals surface area contributed by atoms with Gasteiger partial charge in [-0.2, -0.15) is 4.31 Å². The lowest BCUT2D eigenvalue weighted by Crippen LogP contribution is -2.28. The Kier molecular flexibility index (Phi) is 5.87. The summed E-state index contributed by atoms with van der Waals surface area (Å²) in [6.45, 7) is 6.13. The second kappa shape index (κ2) is 8.02. The van der Waals surface area contributed by atoms with Gasteiger partial charge in [-0.05, 0) is 39.7 Å². The highest BCUT2D eigenvalue weighted by atomic mass is 32.2. The molecule has 8 nitrogen and oxygen atoms in total. The molecule has 1 aliphatic heterocycles. The third-order valence-electron chi connectivity index (χ3n) is 4.84. The third-order valence-corrected chi connectivity index (χ3v) is 6.85. The maximum atomic E-state index is 12.7. The number of nitrogens with zero attached hydrogens (tertiary/aromatic N) is 2. The molecule has 3 rings (SSSR count). The molecule has 2 N–H and O–H groups in total. The number of nitrogens with one attached hydrogen (secondary N) is 1.